The maximum atomic E-state index is 15.1. The number of hydrogen-bond donors (Lipinski definition) is 0. The van der Waals surface area contributed by atoms with Crippen molar-refractivity contribution in [1.82, 2.24) is 24.1 Å². The number of Topliss-reactive ketones (excluding diaryl/α,β-unsaturated/α-hetero) is 1. The molecule has 0 saturated carbocycles. The third-order valence-corrected chi connectivity index (χ3v) is 5.88. The topological polar surface area (TPSA) is 108 Å². The first-order chi connectivity index (χ1) is 18.0. The molecule has 0 spiro atoms. The van der Waals surface area contributed by atoms with Gasteiger partial charge in [-0.3, -0.25) is 13.9 Å². The molecule has 0 saturated heterocycles. The van der Waals surface area contributed by atoms with Crippen LogP contribution in [0.5, 0.6) is 5.75 Å². The number of hydrogen-bond acceptors (Lipinski definition) is 7. The molecule has 1 amide bonds. The molecule has 0 fully saturated rings. The highest BCUT2D eigenvalue weighted by atomic mass is 19.1. The molecular formula is C26H24FN7O4. The number of amides is 1. The van der Waals surface area contributed by atoms with Gasteiger partial charge in [0.25, 0.3) is 5.82 Å². The van der Waals surface area contributed by atoms with E-state index in [0.717, 1.165) is 10.6 Å². The summed E-state index contributed by atoms with van der Waals surface area (Å²) in [5.41, 5.74) is 1.56. The summed E-state index contributed by atoms with van der Waals surface area (Å²) in [6.45, 7) is 13.9. The summed E-state index contributed by atoms with van der Waals surface area (Å²) in [6, 6.07) is 4.42. The van der Waals surface area contributed by atoms with Crippen LogP contribution in [0.25, 0.3) is 21.7 Å². The SMILES string of the molecule is [C-]#[N+]c1cn2c(N(Cc3c(F)ccc4c3C(=O)CO4)C(=O)OC(C)(C)C)ncc(-c3cc(C)nn3C)c2n1. The van der Waals surface area contributed by atoms with Gasteiger partial charge in [0.15, 0.2) is 6.61 Å². The first kappa shape index (κ1) is 24.9. The molecule has 4 aromatic rings. The first-order valence-electron chi connectivity index (χ1n) is 11.7. The summed E-state index contributed by atoms with van der Waals surface area (Å²) in [7, 11) is 1.77. The lowest BCUT2D eigenvalue weighted by atomic mass is 10.0. The average molecular weight is 518 g/mol. The van der Waals surface area contributed by atoms with Gasteiger partial charge in [-0.25, -0.2) is 19.1 Å². The molecule has 0 radical (unpaired) electrons. The minimum absolute atomic E-state index is 0.0253. The van der Waals surface area contributed by atoms with Crippen molar-refractivity contribution in [2.24, 2.45) is 7.05 Å². The van der Waals surface area contributed by atoms with Crippen molar-refractivity contribution in [3.05, 3.63) is 64.6 Å². The van der Waals surface area contributed by atoms with Crippen molar-refractivity contribution in [2.45, 2.75) is 39.8 Å². The molecular weight excluding hydrogens is 493 g/mol. The van der Waals surface area contributed by atoms with E-state index in [-0.39, 0.29) is 41.8 Å². The van der Waals surface area contributed by atoms with Crippen molar-refractivity contribution in [2.75, 3.05) is 11.5 Å². The van der Waals surface area contributed by atoms with Crippen LogP contribution in [0, 0.1) is 19.3 Å². The number of ketones is 1. The molecule has 1 aliphatic heterocycles. The van der Waals surface area contributed by atoms with Gasteiger partial charge in [-0.2, -0.15) is 5.10 Å². The third-order valence-electron chi connectivity index (χ3n) is 5.88. The zero-order valence-corrected chi connectivity index (χ0v) is 21.4. The van der Waals surface area contributed by atoms with E-state index < -0.39 is 23.3 Å². The van der Waals surface area contributed by atoms with E-state index in [2.05, 4.69) is 19.9 Å². The Bertz CT molecular complexity index is 1660. The standard InChI is InChI=1S/C26H24FN7O4/c1-14-9-18(32(6)31-14)15-10-29-24(33-12-21(28-5)30-23(15)33)34(25(36)38-26(2,3)4)11-16-17(27)7-8-20-22(16)19(35)13-37-20/h7-10,12H,11,13H2,1-4,6H3. The van der Waals surface area contributed by atoms with E-state index in [1.807, 2.05) is 13.0 Å². The highest BCUT2D eigenvalue weighted by molar-refractivity contribution is 6.04. The van der Waals surface area contributed by atoms with Crippen LogP contribution in [0.1, 0.15) is 42.4 Å². The number of aryl methyl sites for hydroxylation is 2. The third kappa shape index (κ3) is 4.32. The zero-order chi connectivity index (χ0) is 27.4. The minimum Gasteiger partial charge on any atom is -0.485 e. The molecule has 0 aliphatic carbocycles. The lowest BCUT2D eigenvalue weighted by Crippen LogP contribution is -2.38. The van der Waals surface area contributed by atoms with Crippen LogP contribution in [0.15, 0.2) is 30.6 Å². The van der Waals surface area contributed by atoms with Crippen LogP contribution < -0.4 is 9.64 Å². The zero-order valence-electron chi connectivity index (χ0n) is 21.4. The predicted molar refractivity (Wildman–Crippen MR) is 135 cm³/mol. The normalized spacial score (nSPS) is 12.8. The second-order valence-corrected chi connectivity index (χ2v) is 9.85. The smallest absolute Gasteiger partial charge is 0.417 e. The molecule has 0 atom stereocenters. The number of anilines is 1. The molecule has 0 unspecified atom stereocenters. The van der Waals surface area contributed by atoms with Gasteiger partial charge in [0.2, 0.25) is 17.4 Å². The number of imidazole rings is 1. The Labute approximate surface area is 217 Å². The van der Waals surface area contributed by atoms with Gasteiger partial charge < -0.3 is 14.3 Å². The Morgan fingerprint density at radius 3 is 2.76 bits per heavy atom. The number of carbonyl (C=O) groups excluding carboxylic acids is 2. The molecule has 0 bridgehead atoms. The molecule has 38 heavy (non-hydrogen) atoms. The number of halogens is 1. The molecule has 5 rings (SSSR count). The molecule has 1 aromatic carbocycles. The first-order valence-corrected chi connectivity index (χ1v) is 11.7. The Morgan fingerprint density at radius 2 is 2.11 bits per heavy atom. The van der Waals surface area contributed by atoms with Gasteiger partial charge in [0.05, 0.1) is 29.1 Å². The van der Waals surface area contributed by atoms with Crippen LogP contribution in [-0.2, 0) is 18.3 Å². The largest absolute Gasteiger partial charge is 0.485 e. The summed E-state index contributed by atoms with van der Waals surface area (Å²) in [6.07, 6.45) is 2.13. The second-order valence-electron chi connectivity index (χ2n) is 9.85. The van der Waals surface area contributed by atoms with Gasteiger partial charge in [-0.05, 0) is 45.9 Å². The van der Waals surface area contributed by atoms with E-state index >= 15 is 4.39 Å². The molecule has 194 valence electrons. The van der Waals surface area contributed by atoms with Gasteiger partial charge in [0.1, 0.15) is 17.2 Å². The number of ether oxygens (including phenoxy) is 2. The number of nitrogens with zero attached hydrogens (tertiary/aromatic N) is 7. The van der Waals surface area contributed by atoms with Crippen molar-refractivity contribution in [3.63, 3.8) is 0 Å². The highest BCUT2D eigenvalue weighted by Gasteiger charge is 2.33. The predicted octanol–water partition coefficient (Wildman–Crippen LogP) is 4.64. The van der Waals surface area contributed by atoms with Crippen LogP contribution in [0.4, 0.5) is 21.0 Å². The fraction of sp³-hybridized carbons (Fsp3) is 0.308. The molecule has 1 aliphatic rings. The number of fused-ring (bicyclic) bond motifs is 2. The Balaban J connectivity index is 1.71. The Morgan fingerprint density at radius 1 is 1.34 bits per heavy atom. The molecule has 3 aromatic heterocycles. The van der Waals surface area contributed by atoms with E-state index in [1.165, 1.54) is 28.9 Å². The maximum Gasteiger partial charge on any atom is 0.417 e. The van der Waals surface area contributed by atoms with E-state index in [9.17, 15) is 9.59 Å². The summed E-state index contributed by atoms with van der Waals surface area (Å²) < 4.78 is 29.3. The lowest BCUT2D eigenvalue weighted by molar-refractivity contribution is 0.0573. The number of carbonyl (C=O) groups is 2. The molecule has 0 N–H and O–H groups in total. The molecule has 12 heteroatoms. The molecule has 11 nitrogen and oxygen atoms in total. The van der Waals surface area contributed by atoms with Crippen molar-refractivity contribution < 1.29 is 23.5 Å². The summed E-state index contributed by atoms with van der Waals surface area (Å²) >= 11 is 0. The van der Waals surface area contributed by atoms with Crippen LogP contribution in [0.2, 0.25) is 0 Å². The van der Waals surface area contributed by atoms with Crippen molar-refractivity contribution >= 4 is 29.3 Å². The van der Waals surface area contributed by atoms with Crippen LogP contribution in [-0.4, -0.2) is 48.2 Å². The van der Waals surface area contributed by atoms with Gasteiger partial charge in [-0.15, -0.1) is 0 Å². The maximum absolute atomic E-state index is 15.1. The highest BCUT2D eigenvalue weighted by Crippen LogP contribution is 2.34. The fourth-order valence-corrected chi connectivity index (χ4v) is 4.34. The Kier molecular flexibility index (Phi) is 5.86. The van der Waals surface area contributed by atoms with E-state index in [0.29, 0.717) is 16.9 Å². The lowest BCUT2D eigenvalue weighted by Gasteiger charge is -2.27. The molecule has 4 heterocycles. The van der Waals surface area contributed by atoms with Gasteiger partial charge >= 0.3 is 6.09 Å². The minimum atomic E-state index is -0.882. The van der Waals surface area contributed by atoms with Gasteiger partial charge in [-0.1, -0.05) is 11.6 Å². The Hall–Kier alpha value is -4.79. The summed E-state index contributed by atoms with van der Waals surface area (Å²) in [5, 5.41) is 4.37. The number of benzene rings is 1. The quantitative estimate of drug-likeness (QED) is 0.363. The fourth-order valence-electron chi connectivity index (χ4n) is 4.34. The summed E-state index contributed by atoms with van der Waals surface area (Å²) in [4.78, 5) is 39.6. The average Bonchev–Trinajstić information content (AvgIpc) is 3.53. The second kappa shape index (κ2) is 8.95. The van der Waals surface area contributed by atoms with Crippen LogP contribution in [0.3, 0.4) is 0 Å². The number of rotatable bonds is 4. The van der Waals surface area contributed by atoms with Crippen LogP contribution >= 0.6 is 0 Å². The van der Waals surface area contributed by atoms with E-state index in [1.54, 1.807) is 32.5 Å². The van der Waals surface area contributed by atoms with E-state index in [4.69, 9.17) is 16.0 Å². The van der Waals surface area contributed by atoms with Gasteiger partial charge in [0, 0.05) is 25.0 Å². The van der Waals surface area contributed by atoms with Crippen molar-refractivity contribution in [1.29, 1.82) is 0 Å². The van der Waals surface area contributed by atoms with Crippen molar-refractivity contribution in [3.8, 4) is 17.0 Å². The summed E-state index contributed by atoms with van der Waals surface area (Å²) in [5.74, 6) is -0.728. The number of aromatic nitrogens is 5. The monoisotopic (exact) mass is 517 g/mol.